The van der Waals surface area contributed by atoms with Crippen LogP contribution in [0.15, 0.2) is 48.5 Å². The van der Waals surface area contributed by atoms with Crippen LogP contribution in [0.3, 0.4) is 0 Å². The van der Waals surface area contributed by atoms with Gasteiger partial charge in [-0.15, -0.1) is 0 Å². The normalized spacial score (nSPS) is 11.2. The minimum absolute atomic E-state index is 0.0207. The van der Waals surface area contributed by atoms with Gasteiger partial charge in [0.2, 0.25) is 5.91 Å². The Balaban J connectivity index is 1.93. The molecule has 0 aliphatic carbocycles. The van der Waals surface area contributed by atoms with E-state index < -0.39 is 29.9 Å². The molecule has 1 atom stereocenters. The maximum Gasteiger partial charge on any atom is 0.337 e. The highest BCUT2D eigenvalue weighted by atomic mass is 16.5. The molecule has 0 aliphatic heterocycles. The van der Waals surface area contributed by atoms with Gasteiger partial charge in [-0.05, 0) is 35.4 Å². The summed E-state index contributed by atoms with van der Waals surface area (Å²) < 4.78 is 9.89. The highest BCUT2D eigenvalue weighted by molar-refractivity contribution is 5.89. The minimum Gasteiger partial charge on any atom is -0.480 e. The number of aliphatic carboxylic acids is 1. The first-order valence-electron chi connectivity index (χ1n) is 8.75. The fraction of sp³-hybridized carbons (Fsp3) is 0.238. The number of benzene rings is 2. The van der Waals surface area contributed by atoms with Gasteiger partial charge in [0, 0.05) is 13.3 Å². The summed E-state index contributed by atoms with van der Waals surface area (Å²) in [5, 5.41) is 11.5. The van der Waals surface area contributed by atoms with Gasteiger partial charge in [0.25, 0.3) is 0 Å². The van der Waals surface area contributed by atoms with E-state index in [2.05, 4.69) is 10.1 Å². The van der Waals surface area contributed by atoms with Crippen molar-refractivity contribution in [3.63, 3.8) is 0 Å². The molecule has 2 aromatic carbocycles. The number of esters is 2. The monoisotopic (exact) mass is 399 g/mol. The second-order valence-electron chi connectivity index (χ2n) is 6.28. The maximum atomic E-state index is 12.1. The van der Waals surface area contributed by atoms with Crippen molar-refractivity contribution in [3.8, 4) is 5.75 Å². The number of hydrogen-bond donors (Lipinski definition) is 2. The minimum atomic E-state index is -1.13. The van der Waals surface area contributed by atoms with Crippen LogP contribution in [0, 0.1) is 0 Å². The number of carbonyl (C=O) groups is 4. The quantitative estimate of drug-likeness (QED) is 0.513. The fourth-order valence-electron chi connectivity index (χ4n) is 2.59. The van der Waals surface area contributed by atoms with Crippen molar-refractivity contribution in [1.29, 1.82) is 0 Å². The molecular formula is C21H21NO7. The van der Waals surface area contributed by atoms with Gasteiger partial charge in [0.1, 0.15) is 11.8 Å². The van der Waals surface area contributed by atoms with E-state index in [-0.39, 0.29) is 12.8 Å². The van der Waals surface area contributed by atoms with E-state index in [9.17, 15) is 19.2 Å². The van der Waals surface area contributed by atoms with E-state index in [1.54, 1.807) is 48.5 Å². The summed E-state index contributed by atoms with van der Waals surface area (Å²) in [6, 6.07) is 11.8. The molecule has 0 aliphatic rings. The Bertz CT molecular complexity index is 888. The topological polar surface area (TPSA) is 119 Å². The number of ether oxygens (including phenoxy) is 2. The summed E-state index contributed by atoms with van der Waals surface area (Å²) in [6.45, 7) is 1.25. The van der Waals surface area contributed by atoms with Gasteiger partial charge in [-0.2, -0.15) is 0 Å². The third kappa shape index (κ3) is 6.76. The Kier molecular flexibility index (Phi) is 7.47. The van der Waals surface area contributed by atoms with E-state index in [4.69, 9.17) is 9.84 Å². The smallest absolute Gasteiger partial charge is 0.337 e. The Labute approximate surface area is 167 Å². The number of rotatable bonds is 8. The summed E-state index contributed by atoms with van der Waals surface area (Å²) in [4.78, 5) is 45.8. The highest BCUT2D eigenvalue weighted by Crippen LogP contribution is 2.15. The lowest BCUT2D eigenvalue weighted by atomic mass is 10.1. The van der Waals surface area contributed by atoms with Crippen molar-refractivity contribution >= 4 is 23.8 Å². The number of nitrogens with one attached hydrogen (secondary N) is 1. The number of carbonyl (C=O) groups excluding carboxylic acids is 3. The Morgan fingerprint density at radius 2 is 1.55 bits per heavy atom. The molecule has 0 saturated heterocycles. The summed E-state index contributed by atoms with van der Waals surface area (Å²) in [5.74, 6) is -2.18. The maximum absolute atomic E-state index is 12.1. The van der Waals surface area contributed by atoms with Crippen molar-refractivity contribution in [1.82, 2.24) is 5.32 Å². The van der Waals surface area contributed by atoms with Crippen LogP contribution < -0.4 is 10.1 Å². The summed E-state index contributed by atoms with van der Waals surface area (Å²) in [5.41, 5.74) is 1.74. The lowest BCUT2D eigenvalue weighted by Crippen LogP contribution is -2.41. The van der Waals surface area contributed by atoms with Gasteiger partial charge in [-0.3, -0.25) is 9.59 Å². The van der Waals surface area contributed by atoms with E-state index in [1.165, 1.54) is 14.0 Å². The van der Waals surface area contributed by atoms with Gasteiger partial charge in [-0.1, -0.05) is 24.3 Å². The zero-order valence-electron chi connectivity index (χ0n) is 16.0. The first-order chi connectivity index (χ1) is 13.8. The van der Waals surface area contributed by atoms with Crippen molar-refractivity contribution in [2.24, 2.45) is 0 Å². The van der Waals surface area contributed by atoms with Gasteiger partial charge in [0.15, 0.2) is 0 Å². The standard InChI is InChI=1S/C21H21NO7/c1-13(23)22-18(20(25)26)11-14-5-9-17(10-6-14)29-19(24)12-15-3-7-16(8-4-15)21(27)28-2/h3-10,18H,11-12H2,1-2H3,(H,22,23)(H,25,26)/t18-/m0/s1. The van der Waals surface area contributed by atoms with E-state index in [0.29, 0.717) is 22.4 Å². The Morgan fingerprint density at radius 1 is 0.966 bits per heavy atom. The van der Waals surface area contributed by atoms with Crippen molar-refractivity contribution in [3.05, 3.63) is 65.2 Å². The predicted molar refractivity (Wildman–Crippen MR) is 103 cm³/mol. The van der Waals surface area contributed by atoms with Crippen molar-refractivity contribution in [2.75, 3.05) is 7.11 Å². The third-order valence-corrected chi connectivity index (χ3v) is 3.99. The van der Waals surface area contributed by atoms with Gasteiger partial charge < -0.3 is 19.9 Å². The lowest BCUT2D eigenvalue weighted by Gasteiger charge is -2.13. The number of carboxylic acids is 1. The summed E-state index contributed by atoms with van der Waals surface area (Å²) in [6.07, 6.45) is 0.127. The number of hydrogen-bond acceptors (Lipinski definition) is 6. The summed E-state index contributed by atoms with van der Waals surface area (Å²) in [7, 11) is 1.29. The molecule has 2 rings (SSSR count). The van der Waals surface area contributed by atoms with Crippen LogP contribution in [-0.4, -0.2) is 42.1 Å². The second kappa shape index (κ2) is 10.0. The van der Waals surface area contributed by atoms with Crippen LogP contribution in [0.5, 0.6) is 5.75 Å². The van der Waals surface area contributed by atoms with Gasteiger partial charge in [-0.25, -0.2) is 9.59 Å². The van der Waals surface area contributed by atoms with Crippen LogP contribution in [0.25, 0.3) is 0 Å². The van der Waals surface area contributed by atoms with Gasteiger partial charge >= 0.3 is 17.9 Å². The number of methoxy groups -OCH3 is 1. The van der Waals surface area contributed by atoms with E-state index in [1.807, 2.05) is 0 Å². The molecule has 29 heavy (non-hydrogen) atoms. The average Bonchev–Trinajstić information content (AvgIpc) is 2.68. The first kappa shape index (κ1) is 21.6. The molecular weight excluding hydrogens is 378 g/mol. The highest BCUT2D eigenvalue weighted by Gasteiger charge is 2.18. The molecule has 0 fully saturated rings. The average molecular weight is 399 g/mol. The predicted octanol–water partition coefficient (Wildman–Crippen LogP) is 1.75. The zero-order valence-corrected chi connectivity index (χ0v) is 16.0. The molecule has 8 heteroatoms. The second-order valence-corrected chi connectivity index (χ2v) is 6.28. The Hall–Kier alpha value is -3.68. The molecule has 2 aromatic rings. The summed E-state index contributed by atoms with van der Waals surface area (Å²) >= 11 is 0. The molecule has 0 spiro atoms. The molecule has 2 N–H and O–H groups in total. The van der Waals surface area contributed by atoms with Crippen LogP contribution in [0.4, 0.5) is 0 Å². The molecule has 0 saturated carbocycles. The van der Waals surface area contributed by atoms with Crippen LogP contribution in [-0.2, 0) is 32.0 Å². The van der Waals surface area contributed by atoms with Crippen molar-refractivity contribution in [2.45, 2.75) is 25.8 Å². The molecule has 152 valence electrons. The van der Waals surface area contributed by atoms with E-state index in [0.717, 1.165) is 0 Å². The largest absolute Gasteiger partial charge is 0.480 e. The SMILES string of the molecule is COC(=O)c1ccc(CC(=O)Oc2ccc(C[C@H](NC(C)=O)C(=O)O)cc2)cc1. The number of carboxylic acid groups (broad SMARTS) is 1. The zero-order chi connectivity index (χ0) is 21.4. The van der Waals surface area contributed by atoms with Crippen molar-refractivity contribution < 1.29 is 33.8 Å². The van der Waals surface area contributed by atoms with Crippen LogP contribution in [0.1, 0.15) is 28.4 Å². The van der Waals surface area contributed by atoms with Gasteiger partial charge in [0.05, 0.1) is 19.1 Å². The Morgan fingerprint density at radius 3 is 2.07 bits per heavy atom. The number of amides is 1. The first-order valence-corrected chi connectivity index (χ1v) is 8.75. The molecule has 0 unspecified atom stereocenters. The third-order valence-electron chi connectivity index (χ3n) is 3.99. The lowest BCUT2D eigenvalue weighted by molar-refractivity contribution is -0.141. The van der Waals surface area contributed by atoms with Crippen LogP contribution in [0.2, 0.25) is 0 Å². The molecule has 1 amide bonds. The molecule has 0 radical (unpaired) electrons. The molecule has 8 nitrogen and oxygen atoms in total. The van der Waals surface area contributed by atoms with Crippen LogP contribution >= 0.6 is 0 Å². The molecule has 0 aromatic heterocycles. The molecule has 0 bridgehead atoms. The molecule has 0 heterocycles. The van der Waals surface area contributed by atoms with E-state index >= 15 is 0 Å². The fourth-order valence-corrected chi connectivity index (χ4v) is 2.59.